The summed E-state index contributed by atoms with van der Waals surface area (Å²) in [6.45, 7) is 1.70. The Morgan fingerprint density at radius 1 is 0.875 bits per heavy atom. The predicted molar refractivity (Wildman–Crippen MR) is 152 cm³/mol. The van der Waals surface area contributed by atoms with Crippen LogP contribution in [-0.4, -0.2) is 60.7 Å². The first kappa shape index (κ1) is 28.3. The highest BCUT2D eigenvalue weighted by Gasteiger charge is 2.11. The van der Waals surface area contributed by atoms with Crippen LogP contribution in [0.15, 0.2) is 91.0 Å². The molecule has 0 aliphatic rings. The maximum atomic E-state index is 10.7. The molecule has 1 aromatic heterocycles. The molecule has 4 N–H and O–H groups in total. The molecule has 0 radical (unpaired) electrons. The first-order valence-electron chi connectivity index (χ1n) is 12.7. The molecule has 5 aromatic rings. The second-order valence-corrected chi connectivity index (χ2v) is 8.82. The first-order chi connectivity index (χ1) is 19.5. The van der Waals surface area contributed by atoms with Gasteiger partial charge in [0.2, 0.25) is 0 Å². The predicted octanol–water partition coefficient (Wildman–Crippen LogP) is 4.20. The molecule has 1 heterocycles. The topological polar surface area (TPSA) is 136 Å². The number of rotatable bonds is 11. The molecule has 4 aromatic carbocycles. The minimum Gasteiger partial charge on any atom is -0.872 e. The summed E-state index contributed by atoms with van der Waals surface area (Å²) < 4.78 is 16.9. The van der Waals surface area contributed by atoms with E-state index in [9.17, 15) is 15.0 Å². The van der Waals surface area contributed by atoms with Gasteiger partial charge in [-0.2, -0.15) is 0 Å². The average molecular weight is 544 g/mol. The Bertz CT molecular complexity index is 1550. The summed E-state index contributed by atoms with van der Waals surface area (Å²) in [7, 11) is 1.62. The molecular formula is C31H31N2O7-. The number of fused-ring (bicyclic) bond motifs is 3. The Hall–Kier alpha value is -4.73. The van der Waals surface area contributed by atoms with Crippen molar-refractivity contribution in [2.75, 3.05) is 33.4 Å². The Morgan fingerprint density at radius 2 is 1.55 bits per heavy atom. The quantitative estimate of drug-likeness (QED) is 0.182. The van der Waals surface area contributed by atoms with Crippen LogP contribution in [0.2, 0.25) is 0 Å². The van der Waals surface area contributed by atoms with E-state index in [2.05, 4.69) is 16.4 Å². The van der Waals surface area contributed by atoms with E-state index < -0.39 is 17.8 Å². The number of aliphatic hydroxyl groups is 1. The zero-order valence-electron chi connectivity index (χ0n) is 22.0. The van der Waals surface area contributed by atoms with Gasteiger partial charge in [-0.1, -0.05) is 60.3 Å². The normalized spacial score (nSPS) is 11.4. The lowest BCUT2D eigenvalue weighted by Crippen LogP contribution is -2.33. The molecule has 9 nitrogen and oxygen atoms in total. The fraction of sp³-hybridized carbons (Fsp3) is 0.194. The smallest absolute Gasteiger partial charge is 0.335 e. The van der Waals surface area contributed by atoms with Crippen LogP contribution in [0.3, 0.4) is 0 Å². The van der Waals surface area contributed by atoms with Gasteiger partial charge in [-0.25, -0.2) is 4.79 Å². The molecule has 40 heavy (non-hydrogen) atoms. The number of hydrogen-bond donors (Lipinski definition) is 4. The molecule has 5 rings (SSSR count). The van der Waals surface area contributed by atoms with Crippen LogP contribution in [0, 0.1) is 0 Å². The maximum absolute atomic E-state index is 10.7. The van der Waals surface area contributed by atoms with Gasteiger partial charge in [0.05, 0.1) is 18.2 Å². The molecule has 208 valence electrons. The minimum absolute atomic E-state index is 0.178. The first-order valence-corrected chi connectivity index (χ1v) is 12.7. The largest absolute Gasteiger partial charge is 0.872 e. The van der Waals surface area contributed by atoms with E-state index >= 15 is 0 Å². The molecular weight excluding hydrogens is 512 g/mol. The highest BCUT2D eigenvalue weighted by Crippen LogP contribution is 2.33. The van der Waals surface area contributed by atoms with E-state index in [1.54, 1.807) is 7.11 Å². The zero-order chi connectivity index (χ0) is 28.3. The summed E-state index contributed by atoms with van der Waals surface area (Å²) in [5.74, 6) is 0.555. The Kier molecular flexibility index (Phi) is 9.82. The van der Waals surface area contributed by atoms with Crippen LogP contribution < -0.4 is 24.6 Å². The molecule has 0 spiro atoms. The second-order valence-electron chi connectivity index (χ2n) is 8.82. The minimum atomic E-state index is -1.18. The van der Waals surface area contributed by atoms with Gasteiger partial charge in [0.15, 0.2) is 11.5 Å². The molecule has 0 fully saturated rings. The monoisotopic (exact) mass is 543 g/mol. The standard InChI is InChI=1S/C24H26N2O4.C7H6O3/c1-28-21-10-4-5-11-22(21)29-14-13-25-15-17(27)16-30-23-12-6-9-20-24(23)18-7-2-3-8-19(18)26-20;8-6-4-2-1-3-5(6)7(9)10/h2-12,17,25-27H,13-16H2,1H3;1-4,8H,(H,9,10)/p-1. The van der Waals surface area contributed by atoms with E-state index in [-0.39, 0.29) is 12.2 Å². The molecule has 0 bridgehead atoms. The third-order valence-electron chi connectivity index (χ3n) is 6.03. The number of aliphatic hydroxyl groups excluding tert-OH is 1. The number of aromatic amines is 1. The fourth-order valence-electron chi connectivity index (χ4n) is 4.12. The summed E-state index contributed by atoms with van der Waals surface area (Å²) in [5, 5.41) is 34.7. The molecule has 1 unspecified atom stereocenters. The van der Waals surface area contributed by atoms with Gasteiger partial charge in [0.1, 0.15) is 25.1 Å². The summed E-state index contributed by atoms with van der Waals surface area (Å²) in [6, 6.07) is 27.1. The lowest BCUT2D eigenvalue weighted by atomic mass is 10.1. The Morgan fingerprint density at radius 3 is 2.30 bits per heavy atom. The van der Waals surface area contributed by atoms with E-state index in [1.807, 2.05) is 60.7 Å². The number of para-hydroxylation sites is 4. The Labute approximate surface area is 231 Å². The fourth-order valence-corrected chi connectivity index (χ4v) is 4.12. The summed E-state index contributed by atoms with van der Waals surface area (Å²) >= 11 is 0. The number of carbonyl (C=O) groups is 1. The molecule has 0 saturated carbocycles. The number of H-pyrrole nitrogens is 1. The molecule has 0 amide bonds. The van der Waals surface area contributed by atoms with Crippen LogP contribution >= 0.6 is 0 Å². The van der Waals surface area contributed by atoms with Crippen molar-refractivity contribution in [3.05, 3.63) is 96.6 Å². The van der Waals surface area contributed by atoms with E-state index in [1.165, 1.54) is 24.3 Å². The third kappa shape index (κ3) is 7.22. The molecule has 0 aliphatic carbocycles. The van der Waals surface area contributed by atoms with Crippen molar-refractivity contribution < 1.29 is 34.3 Å². The van der Waals surface area contributed by atoms with E-state index in [0.29, 0.717) is 31.2 Å². The molecule has 0 aliphatic heterocycles. The van der Waals surface area contributed by atoms with Crippen LogP contribution in [-0.2, 0) is 0 Å². The number of carboxylic acids is 1. The van der Waals surface area contributed by atoms with Gasteiger partial charge in [-0.15, -0.1) is 0 Å². The lowest BCUT2D eigenvalue weighted by Gasteiger charge is -2.15. The SMILES string of the molecule is COc1ccccc1OCCNCC(O)COc1cccc2[nH]c3ccccc3c12.O=C(O)c1ccccc1[O-]. The van der Waals surface area contributed by atoms with Crippen LogP contribution in [0.5, 0.6) is 23.0 Å². The van der Waals surface area contributed by atoms with Crippen LogP contribution in [0.4, 0.5) is 0 Å². The number of carboxylic acid groups (broad SMARTS) is 1. The van der Waals surface area contributed by atoms with Crippen molar-refractivity contribution in [2.24, 2.45) is 0 Å². The second kappa shape index (κ2) is 13.9. The summed E-state index contributed by atoms with van der Waals surface area (Å²) in [5.41, 5.74) is 1.91. The molecule has 9 heteroatoms. The third-order valence-corrected chi connectivity index (χ3v) is 6.03. The van der Waals surface area contributed by atoms with Crippen molar-refractivity contribution in [2.45, 2.75) is 6.10 Å². The maximum Gasteiger partial charge on any atom is 0.335 e. The number of aromatic nitrogens is 1. The lowest BCUT2D eigenvalue weighted by molar-refractivity contribution is -0.268. The number of nitrogens with one attached hydrogen (secondary N) is 2. The average Bonchev–Trinajstić information content (AvgIpc) is 3.36. The van der Waals surface area contributed by atoms with Gasteiger partial charge in [-0.05, 0) is 36.4 Å². The van der Waals surface area contributed by atoms with Crippen LogP contribution in [0.1, 0.15) is 10.4 Å². The van der Waals surface area contributed by atoms with Crippen molar-refractivity contribution in [3.63, 3.8) is 0 Å². The van der Waals surface area contributed by atoms with E-state index in [4.69, 9.17) is 19.3 Å². The van der Waals surface area contributed by atoms with Crippen molar-refractivity contribution in [1.29, 1.82) is 0 Å². The van der Waals surface area contributed by atoms with Crippen molar-refractivity contribution in [3.8, 4) is 23.0 Å². The highest BCUT2D eigenvalue weighted by atomic mass is 16.5. The molecule has 0 saturated heterocycles. The summed E-state index contributed by atoms with van der Waals surface area (Å²) in [4.78, 5) is 13.6. The number of hydrogen-bond acceptors (Lipinski definition) is 7. The van der Waals surface area contributed by atoms with Gasteiger partial charge in [0, 0.05) is 29.4 Å². The number of aromatic carboxylic acids is 1. The zero-order valence-corrected chi connectivity index (χ0v) is 22.0. The van der Waals surface area contributed by atoms with Crippen molar-refractivity contribution in [1.82, 2.24) is 10.3 Å². The van der Waals surface area contributed by atoms with Crippen LogP contribution in [0.25, 0.3) is 21.8 Å². The van der Waals surface area contributed by atoms with Gasteiger partial charge in [0.25, 0.3) is 0 Å². The molecule has 1 atom stereocenters. The van der Waals surface area contributed by atoms with Gasteiger partial charge >= 0.3 is 5.97 Å². The number of methoxy groups -OCH3 is 1. The number of ether oxygens (including phenoxy) is 3. The highest BCUT2D eigenvalue weighted by molar-refractivity contribution is 6.10. The van der Waals surface area contributed by atoms with Gasteiger partial charge in [-0.3, -0.25) is 0 Å². The van der Waals surface area contributed by atoms with Crippen molar-refractivity contribution >= 4 is 27.8 Å². The number of benzene rings is 4. The Balaban J connectivity index is 0.000000312. The summed E-state index contributed by atoms with van der Waals surface area (Å²) in [6.07, 6.45) is -0.628. The van der Waals surface area contributed by atoms with E-state index in [0.717, 1.165) is 27.6 Å². The van der Waals surface area contributed by atoms with Gasteiger partial charge < -0.3 is 39.8 Å².